The zero-order chi connectivity index (χ0) is 15.5. The van der Waals surface area contributed by atoms with Gasteiger partial charge in [0.05, 0.1) is 12.1 Å². The normalized spacial score (nSPS) is 15.2. The molecule has 0 bridgehead atoms. The molecule has 0 aromatic heterocycles. The Bertz CT molecular complexity index is 539. The number of amides is 1. The highest BCUT2D eigenvalue weighted by Gasteiger charge is 2.43. The molecule has 1 fully saturated rings. The van der Waals surface area contributed by atoms with E-state index in [0.717, 1.165) is 18.5 Å². The second-order valence-electron chi connectivity index (χ2n) is 4.97. The van der Waals surface area contributed by atoms with Crippen LogP contribution in [-0.2, 0) is 14.3 Å². The third-order valence-corrected chi connectivity index (χ3v) is 3.61. The van der Waals surface area contributed by atoms with E-state index in [9.17, 15) is 9.59 Å². The van der Waals surface area contributed by atoms with Gasteiger partial charge in [-0.05, 0) is 38.0 Å². The van der Waals surface area contributed by atoms with Gasteiger partial charge in [-0.25, -0.2) is 4.79 Å². The van der Waals surface area contributed by atoms with Crippen LogP contribution >= 0.6 is 23.2 Å². The Morgan fingerprint density at radius 2 is 1.86 bits per heavy atom. The number of halogens is 2. The molecule has 2 rings (SSSR count). The van der Waals surface area contributed by atoms with Crippen LogP contribution in [0.3, 0.4) is 0 Å². The highest BCUT2D eigenvalue weighted by molar-refractivity contribution is 6.35. The van der Waals surface area contributed by atoms with Crippen molar-refractivity contribution in [1.82, 2.24) is 5.32 Å². The van der Waals surface area contributed by atoms with Crippen molar-refractivity contribution in [2.75, 3.05) is 18.5 Å². The van der Waals surface area contributed by atoms with E-state index >= 15 is 0 Å². The average molecular weight is 331 g/mol. The molecule has 0 unspecified atom stereocenters. The Hall–Kier alpha value is -1.46. The molecule has 0 radical (unpaired) electrons. The van der Waals surface area contributed by atoms with E-state index in [1.807, 2.05) is 0 Å². The molecule has 0 spiro atoms. The summed E-state index contributed by atoms with van der Waals surface area (Å²) in [5.41, 5.74) is 0.534. The number of hydrogen-bond donors (Lipinski definition) is 2. The highest BCUT2D eigenvalue weighted by atomic mass is 35.5. The van der Waals surface area contributed by atoms with Gasteiger partial charge in [-0.3, -0.25) is 4.79 Å². The molecule has 2 N–H and O–H groups in total. The molecule has 0 saturated heterocycles. The van der Waals surface area contributed by atoms with Gasteiger partial charge in [0.15, 0.2) is 0 Å². The van der Waals surface area contributed by atoms with Crippen molar-refractivity contribution >= 4 is 40.8 Å². The summed E-state index contributed by atoms with van der Waals surface area (Å²) in [6.45, 7) is 2.17. The monoisotopic (exact) mass is 330 g/mol. The summed E-state index contributed by atoms with van der Waals surface area (Å²) in [6.07, 6.45) is 1.78. The number of ether oxygens (including phenoxy) is 1. The van der Waals surface area contributed by atoms with Crippen molar-refractivity contribution in [3.8, 4) is 0 Å². The first-order valence-electron chi connectivity index (χ1n) is 6.63. The smallest absolute Gasteiger partial charge is 0.396 e. The number of anilines is 1. The number of esters is 1. The standard InChI is InChI=1S/C14H16Cl2N2O3/c1-2-21-13(20)12(19)17-8-14(3-4-14)18-11-6-9(15)5-10(16)7-11/h5-7,18H,2-4,8H2,1H3,(H,17,19). The Balaban J connectivity index is 1.91. The fraction of sp³-hybridized carbons (Fsp3) is 0.429. The number of nitrogens with one attached hydrogen (secondary N) is 2. The molecule has 1 aliphatic rings. The quantitative estimate of drug-likeness (QED) is 0.643. The van der Waals surface area contributed by atoms with E-state index in [0.29, 0.717) is 16.6 Å². The summed E-state index contributed by atoms with van der Waals surface area (Å²) in [4.78, 5) is 22.8. The maximum atomic E-state index is 11.5. The fourth-order valence-electron chi connectivity index (χ4n) is 1.95. The molecule has 0 atom stereocenters. The molecule has 1 aromatic carbocycles. The molecule has 1 saturated carbocycles. The molecule has 1 aromatic rings. The van der Waals surface area contributed by atoms with Crippen LogP contribution in [0.2, 0.25) is 10.0 Å². The number of benzene rings is 1. The predicted octanol–water partition coefficient (Wildman–Crippen LogP) is 2.62. The Kier molecular flexibility index (Phi) is 4.96. The van der Waals surface area contributed by atoms with Crippen molar-refractivity contribution in [2.24, 2.45) is 0 Å². The third-order valence-electron chi connectivity index (χ3n) is 3.17. The number of carbonyl (C=O) groups is 2. The first-order valence-corrected chi connectivity index (χ1v) is 7.39. The van der Waals surface area contributed by atoms with Crippen LogP contribution in [0.4, 0.5) is 5.69 Å². The minimum atomic E-state index is -0.862. The summed E-state index contributed by atoms with van der Waals surface area (Å²) in [5.74, 6) is -1.59. The molecular weight excluding hydrogens is 315 g/mol. The number of carbonyl (C=O) groups excluding carboxylic acids is 2. The Morgan fingerprint density at radius 3 is 2.38 bits per heavy atom. The Labute approximate surface area is 132 Å². The third kappa shape index (κ3) is 4.51. The molecule has 7 heteroatoms. The van der Waals surface area contributed by atoms with Gasteiger partial charge in [-0.1, -0.05) is 23.2 Å². The van der Waals surface area contributed by atoms with Gasteiger partial charge in [0.1, 0.15) is 0 Å². The van der Waals surface area contributed by atoms with Gasteiger partial charge in [0.2, 0.25) is 0 Å². The number of rotatable bonds is 5. The molecule has 1 amide bonds. The van der Waals surface area contributed by atoms with E-state index in [4.69, 9.17) is 23.2 Å². The maximum Gasteiger partial charge on any atom is 0.396 e. The van der Waals surface area contributed by atoms with Gasteiger partial charge in [-0.15, -0.1) is 0 Å². The average Bonchev–Trinajstić information content (AvgIpc) is 3.15. The molecule has 0 heterocycles. The van der Waals surface area contributed by atoms with Crippen LogP contribution in [0.1, 0.15) is 19.8 Å². The topological polar surface area (TPSA) is 67.4 Å². The zero-order valence-electron chi connectivity index (χ0n) is 11.5. The molecule has 5 nitrogen and oxygen atoms in total. The lowest BCUT2D eigenvalue weighted by molar-refractivity contribution is -0.154. The summed E-state index contributed by atoms with van der Waals surface area (Å²) < 4.78 is 4.63. The van der Waals surface area contributed by atoms with Gasteiger partial charge >= 0.3 is 11.9 Å². The summed E-state index contributed by atoms with van der Waals surface area (Å²) >= 11 is 11.9. The summed E-state index contributed by atoms with van der Waals surface area (Å²) in [7, 11) is 0. The summed E-state index contributed by atoms with van der Waals surface area (Å²) in [6, 6.07) is 5.18. The first-order chi connectivity index (χ1) is 9.94. The van der Waals surface area contributed by atoms with Crippen LogP contribution in [0, 0.1) is 0 Å². The van der Waals surface area contributed by atoms with Gasteiger partial charge < -0.3 is 15.4 Å². The lowest BCUT2D eigenvalue weighted by atomic mass is 10.2. The van der Waals surface area contributed by atoms with Crippen LogP contribution in [0.25, 0.3) is 0 Å². The van der Waals surface area contributed by atoms with Crippen LogP contribution in [-0.4, -0.2) is 30.6 Å². The molecule has 0 aliphatic heterocycles. The maximum absolute atomic E-state index is 11.5. The lowest BCUT2D eigenvalue weighted by Gasteiger charge is -2.19. The van der Waals surface area contributed by atoms with Gasteiger partial charge in [0.25, 0.3) is 0 Å². The lowest BCUT2D eigenvalue weighted by Crippen LogP contribution is -2.41. The van der Waals surface area contributed by atoms with Crippen molar-refractivity contribution in [2.45, 2.75) is 25.3 Å². The van der Waals surface area contributed by atoms with Crippen molar-refractivity contribution in [3.05, 3.63) is 28.2 Å². The second kappa shape index (κ2) is 6.54. The molecule has 114 valence electrons. The minimum absolute atomic E-state index is 0.177. The zero-order valence-corrected chi connectivity index (χ0v) is 13.1. The van der Waals surface area contributed by atoms with Crippen molar-refractivity contribution < 1.29 is 14.3 Å². The van der Waals surface area contributed by atoms with E-state index in [1.54, 1.807) is 25.1 Å². The second-order valence-corrected chi connectivity index (χ2v) is 5.84. The molecular formula is C14H16Cl2N2O3. The van der Waals surface area contributed by atoms with Crippen molar-refractivity contribution in [1.29, 1.82) is 0 Å². The molecule has 21 heavy (non-hydrogen) atoms. The first kappa shape index (κ1) is 15.9. The number of hydrogen-bond acceptors (Lipinski definition) is 4. The van der Waals surface area contributed by atoms with Gasteiger partial charge in [-0.2, -0.15) is 0 Å². The summed E-state index contributed by atoms with van der Waals surface area (Å²) in [5, 5.41) is 6.96. The van der Waals surface area contributed by atoms with Gasteiger partial charge in [0, 0.05) is 22.3 Å². The van der Waals surface area contributed by atoms with Crippen LogP contribution in [0.15, 0.2) is 18.2 Å². The fourth-order valence-corrected chi connectivity index (χ4v) is 2.47. The van der Waals surface area contributed by atoms with E-state index < -0.39 is 11.9 Å². The van der Waals surface area contributed by atoms with Crippen LogP contribution < -0.4 is 10.6 Å². The van der Waals surface area contributed by atoms with Crippen molar-refractivity contribution in [3.63, 3.8) is 0 Å². The molecule has 1 aliphatic carbocycles. The van der Waals surface area contributed by atoms with Crippen LogP contribution in [0.5, 0.6) is 0 Å². The SMILES string of the molecule is CCOC(=O)C(=O)NCC1(Nc2cc(Cl)cc(Cl)c2)CC1. The minimum Gasteiger partial charge on any atom is -0.459 e. The van der Waals surface area contributed by atoms with E-state index in [1.165, 1.54) is 0 Å². The predicted molar refractivity (Wildman–Crippen MR) is 81.7 cm³/mol. The van der Waals surface area contributed by atoms with E-state index in [-0.39, 0.29) is 12.1 Å². The Morgan fingerprint density at radius 1 is 1.24 bits per heavy atom. The van der Waals surface area contributed by atoms with E-state index in [2.05, 4.69) is 15.4 Å². The highest BCUT2D eigenvalue weighted by Crippen LogP contribution is 2.39. The largest absolute Gasteiger partial charge is 0.459 e.